The zero-order chi connectivity index (χ0) is 10.6. The van der Waals surface area contributed by atoms with Gasteiger partial charge in [0.1, 0.15) is 6.04 Å². The third-order valence-electron chi connectivity index (χ3n) is 2.66. The van der Waals surface area contributed by atoms with E-state index in [1.54, 1.807) is 0 Å². The smallest absolute Gasteiger partial charge is 0.321 e. The first-order valence-corrected chi connectivity index (χ1v) is 6.17. The largest absolute Gasteiger partial charge is 0.480 e. The molecule has 3 atom stereocenters. The number of carbonyl (C=O) groups is 1. The van der Waals surface area contributed by atoms with Gasteiger partial charge in [0.05, 0.1) is 0 Å². The molecule has 14 heavy (non-hydrogen) atoms. The maximum Gasteiger partial charge on any atom is 0.321 e. The number of rotatable bonds is 5. The number of nitrogens with one attached hydrogen (secondary N) is 1. The Labute approximate surface area is 88.6 Å². The van der Waals surface area contributed by atoms with Gasteiger partial charge in [-0.15, -0.1) is 0 Å². The minimum Gasteiger partial charge on any atom is -0.480 e. The van der Waals surface area contributed by atoms with Crippen molar-refractivity contribution in [2.24, 2.45) is 5.73 Å². The molecule has 0 amide bonds. The highest BCUT2D eigenvalue weighted by atomic mass is 32.2. The summed E-state index contributed by atoms with van der Waals surface area (Å²) >= 11 is 1.89. The van der Waals surface area contributed by atoms with Gasteiger partial charge in [0.15, 0.2) is 0 Å². The van der Waals surface area contributed by atoms with Gasteiger partial charge in [-0.25, -0.2) is 0 Å². The topological polar surface area (TPSA) is 75.3 Å². The highest BCUT2D eigenvalue weighted by Crippen LogP contribution is 2.27. The average Bonchev–Trinajstić information content (AvgIpc) is 2.61. The van der Waals surface area contributed by atoms with Crippen molar-refractivity contribution in [2.45, 2.75) is 36.6 Å². The van der Waals surface area contributed by atoms with Crippen LogP contribution in [0.4, 0.5) is 0 Å². The fourth-order valence-corrected chi connectivity index (χ4v) is 2.52. The summed E-state index contributed by atoms with van der Waals surface area (Å²) in [5.74, 6) is -0.933. The van der Waals surface area contributed by atoms with E-state index < -0.39 is 12.0 Å². The molecule has 0 spiro atoms. The molecule has 5 heteroatoms. The number of carboxylic acids is 1. The molecule has 0 saturated heterocycles. The normalized spacial score (nSPS) is 29.0. The lowest BCUT2D eigenvalue weighted by molar-refractivity contribution is -0.138. The summed E-state index contributed by atoms with van der Waals surface area (Å²) in [6.07, 6.45) is 5.61. The van der Waals surface area contributed by atoms with Crippen molar-refractivity contribution in [3.05, 3.63) is 0 Å². The second-order valence-electron chi connectivity index (χ2n) is 3.72. The number of aliphatic carboxylic acids is 1. The van der Waals surface area contributed by atoms with E-state index in [9.17, 15) is 4.79 Å². The third-order valence-corrected chi connectivity index (χ3v) is 3.76. The maximum atomic E-state index is 10.5. The predicted molar refractivity (Wildman–Crippen MR) is 58.6 cm³/mol. The SMILES string of the molecule is CSC1CCC(NCC(N)C(=O)O)C1. The summed E-state index contributed by atoms with van der Waals surface area (Å²) in [7, 11) is 0. The van der Waals surface area contributed by atoms with Crippen LogP contribution in [0.25, 0.3) is 0 Å². The van der Waals surface area contributed by atoms with Crippen LogP contribution in [0.1, 0.15) is 19.3 Å². The molecule has 1 saturated carbocycles. The van der Waals surface area contributed by atoms with Gasteiger partial charge in [-0.3, -0.25) is 4.79 Å². The van der Waals surface area contributed by atoms with Gasteiger partial charge >= 0.3 is 5.97 Å². The fourth-order valence-electron chi connectivity index (χ4n) is 1.72. The van der Waals surface area contributed by atoms with Gasteiger partial charge in [0.2, 0.25) is 0 Å². The van der Waals surface area contributed by atoms with Crippen LogP contribution < -0.4 is 11.1 Å². The zero-order valence-electron chi connectivity index (χ0n) is 8.40. The molecule has 1 aliphatic rings. The molecule has 0 aliphatic heterocycles. The molecular formula is C9H18N2O2S. The number of carboxylic acid groups (broad SMARTS) is 1. The van der Waals surface area contributed by atoms with Gasteiger partial charge in [-0.05, 0) is 25.5 Å². The van der Waals surface area contributed by atoms with Gasteiger partial charge in [-0.2, -0.15) is 11.8 Å². The lowest BCUT2D eigenvalue weighted by atomic mass is 10.2. The molecule has 3 unspecified atom stereocenters. The lowest BCUT2D eigenvalue weighted by Gasteiger charge is -2.14. The van der Waals surface area contributed by atoms with Gasteiger partial charge in [0, 0.05) is 17.8 Å². The van der Waals surface area contributed by atoms with Gasteiger partial charge < -0.3 is 16.2 Å². The number of hydrogen-bond donors (Lipinski definition) is 3. The standard InChI is InChI=1S/C9H18N2O2S/c1-14-7-3-2-6(4-7)11-5-8(10)9(12)13/h6-8,11H,2-5,10H2,1H3,(H,12,13). The number of hydrogen-bond acceptors (Lipinski definition) is 4. The summed E-state index contributed by atoms with van der Waals surface area (Å²) in [4.78, 5) is 10.5. The minimum atomic E-state index is -0.933. The molecule has 0 heterocycles. The first-order valence-electron chi connectivity index (χ1n) is 4.88. The highest BCUT2D eigenvalue weighted by Gasteiger charge is 2.24. The Morgan fingerprint density at radius 1 is 1.71 bits per heavy atom. The van der Waals surface area contributed by atoms with Crippen LogP contribution in [0.15, 0.2) is 0 Å². The molecule has 4 N–H and O–H groups in total. The van der Waals surface area contributed by atoms with Crippen molar-refractivity contribution in [3.8, 4) is 0 Å². The molecule has 0 aromatic heterocycles. The summed E-state index contributed by atoms with van der Waals surface area (Å²) in [6.45, 7) is 0.376. The van der Waals surface area contributed by atoms with Crippen LogP contribution in [0.3, 0.4) is 0 Å². The molecule has 1 fully saturated rings. The molecule has 0 radical (unpaired) electrons. The van der Waals surface area contributed by atoms with E-state index in [0.717, 1.165) is 18.1 Å². The summed E-state index contributed by atoms with van der Waals surface area (Å²) in [5.41, 5.74) is 5.39. The van der Waals surface area contributed by atoms with E-state index in [1.807, 2.05) is 11.8 Å². The Kier molecular flexibility index (Phi) is 4.71. The molecule has 0 aromatic rings. The van der Waals surface area contributed by atoms with Crippen LogP contribution in [0.5, 0.6) is 0 Å². The summed E-state index contributed by atoms with van der Waals surface area (Å²) in [5, 5.41) is 12.5. The second-order valence-corrected chi connectivity index (χ2v) is 4.86. The number of thioether (sulfide) groups is 1. The second kappa shape index (κ2) is 5.58. The van der Waals surface area contributed by atoms with Crippen molar-refractivity contribution in [2.75, 3.05) is 12.8 Å². The van der Waals surface area contributed by atoms with Crippen molar-refractivity contribution in [1.29, 1.82) is 0 Å². The van der Waals surface area contributed by atoms with Gasteiger partial charge in [-0.1, -0.05) is 0 Å². The Bertz CT molecular complexity index is 201. The molecular weight excluding hydrogens is 200 g/mol. The Balaban J connectivity index is 2.17. The summed E-state index contributed by atoms with van der Waals surface area (Å²) in [6, 6.07) is -0.318. The van der Waals surface area contributed by atoms with Crippen molar-refractivity contribution >= 4 is 17.7 Å². The van der Waals surface area contributed by atoms with E-state index in [2.05, 4.69) is 11.6 Å². The molecule has 0 bridgehead atoms. The monoisotopic (exact) mass is 218 g/mol. The van der Waals surface area contributed by atoms with Crippen LogP contribution in [-0.4, -0.2) is 41.2 Å². The van der Waals surface area contributed by atoms with Crippen molar-refractivity contribution < 1.29 is 9.90 Å². The lowest BCUT2D eigenvalue weighted by Crippen LogP contribution is -2.43. The highest BCUT2D eigenvalue weighted by molar-refractivity contribution is 7.99. The summed E-state index contributed by atoms with van der Waals surface area (Å²) < 4.78 is 0. The van der Waals surface area contributed by atoms with Crippen LogP contribution in [0.2, 0.25) is 0 Å². The predicted octanol–water partition coefficient (Wildman–Crippen LogP) is 0.272. The Morgan fingerprint density at radius 2 is 2.43 bits per heavy atom. The Hall–Kier alpha value is -0.260. The maximum absolute atomic E-state index is 10.5. The van der Waals surface area contributed by atoms with Crippen LogP contribution >= 0.6 is 11.8 Å². The Morgan fingerprint density at radius 3 is 2.93 bits per heavy atom. The van der Waals surface area contributed by atoms with E-state index in [4.69, 9.17) is 10.8 Å². The first-order chi connectivity index (χ1) is 6.63. The van der Waals surface area contributed by atoms with E-state index >= 15 is 0 Å². The van der Waals surface area contributed by atoms with Crippen molar-refractivity contribution in [3.63, 3.8) is 0 Å². The molecule has 82 valence electrons. The molecule has 1 rings (SSSR count). The van der Waals surface area contributed by atoms with E-state index in [0.29, 0.717) is 12.6 Å². The third kappa shape index (κ3) is 3.48. The molecule has 0 aromatic carbocycles. The molecule has 4 nitrogen and oxygen atoms in total. The first kappa shape index (κ1) is 11.8. The van der Waals surface area contributed by atoms with Crippen molar-refractivity contribution in [1.82, 2.24) is 5.32 Å². The quantitative estimate of drug-likeness (QED) is 0.617. The van der Waals surface area contributed by atoms with Crippen LogP contribution in [-0.2, 0) is 4.79 Å². The van der Waals surface area contributed by atoms with Gasteiger partial charge in [0.25, 0.3) is 0 Å². The fraction of sp³-hybridized carbons (Fsp3) is 0.889. The number of nitrogens with two attached hydrogens (primary N) is 1. The van der Waals surface area contributed by atoms with E-state index in [-0.39, 0.29) is 0 Å². The van der Waals surface area contributed by atoms with Crippen LogP contribution in [0, 0.1) is 0 Å². The molecule has 1 aliphatic carbocycles. The van der Waals surface area contributed by atoms with E-state index in [1.165, 1.54) is 6.42 Å². The average molecular weight is 218 g/mol. The zero-order valence-corrected chi connectivity index (χ0v) is 9.22. The minimum absolute atomic E-state index is 0.376.